The number of carboxylic acid groups (broad SMARTS) is 1. The van der Waals surface area contributed by atoms with Gasteiger partial charge in [-0.25, -0.2) is 0 Å². The highest BCUT2D eigenvalue weighted by Gasteiger charge is 2.22. The number of aromatic nitrogens is 1. The van der Waals surface area contributed by atoms with Crippen molar-refractivity contribution in [2.75, 3.05) is 0 Å². The summed E-state index contributed by atoms with van der Waals surface area (Å²) in [6.07, 6.45) is 0. The van der Waals surface area contributed by atoms with Gasteiger partial charge < -0.3 is 9.63 Å². The van der Waals surface area contributed by atoms with Crippen molar-refractivity contribution in [3.63, 3.8) is 0 Å². The van der Waals surface area contributed by atoms with Gasteiger partial charge in [0.25, 0.3) is 0 Å². The number of halogens is 1. The second kappa shape index (κ2) is 5.65. The number of nitrogens with zero attached hydrogens (tertiary/aromatic N) is 1. The Morgan fingerprint density at radius 1 is 1.44 bits per heavy atom. The Morgan fingerprint density at radius 2 is 2.06 bits per heavy atom. The van der Waals surface area contributed by atoms with Crippen molar-refractivity contribution in [2.45, 2.75) is 18.7 Å². The molecule has 1 atom stereocenters. The summed E-state index contributed by atoms with van der Waals surface area (Å²) in [6, 6.07) is 7.14. The van der Waals surface area contributed by atoms with E-state index in [1.54, 1.807) is 18.2 Å². The Bertz CT molecular complexity index is 481. The van der Waals surface area contributed by atoms with Crippen LogP contribution < -0.4 is 0 Å². The van der Waals surface area contributed by atoms with E-state index in [1.807, 2.05) is 19.9 Å². The maximum absolute atomic E-state index is 10.7. The van der Waals surface area contributed by atoms with Crippen molar-refractivity contribution < 1.29 is 14.4 Å². The van der Waals surface area contributed by atoms with Gasteiger partial charge in [-0.2, -0.15) is 0 Å². The summed E-state index contributed by atoms with van der Waals surface area (Å²) in [7, 11) is 0. The molecular weight excluding hydrogens is 274 g/mol. The smallest absolute Gasteiger partial charge is 0.323 e. The van der Waals surface area contributed by atoms with Crippen LogP contribution in [0.3, 0.4) is 0 Å². The van der Waals surface area contributed by atoms with E-state index < -0.39 is 10.8 Å². The van der Waals surface area contributed by atoms with Gasteiger partial charge in [-0.3, -0.25) is 4.79 Å². The van der Waals surface area contributed by atoms with Gasteiger partial charge >= 0.3 is 5.97 Å². The molecule has 0 saturated heterocycles. The number of benzene rings is 1. The molecule has 0 saturated carbocycles. The van der Waals surface area contributed by atoms with Crippen LogP contribution in [0.4, 0.5) is 0 Å². The van der Waals surface area contributed by atoms with E-state index in [9.17, 15) is 4.79 Å². The van der Waals surface area contributed by atoms with Gasteiger partial charge in [0, 0.05) is 5.39 Å². The van der Waals surface area contributed by atoms with Crippen LogP contribution in [0.25, 0.3) is 11.0 Å². The minimum atomic E-state index is -0.982. The van der Waals surface area contributed by atoms with Crippen molar-refractivity contribution in [2.24, 2.45) is 0 Å². The zero-order valence-electron chi connectivity index (χ0n) is 8.98. The van der Waals surface area contributed by atoms with Gasteiger partial charge in [0.15, 0.2) is 10.4 Å². The topological polar surface area (TPSA) is 63.3 Å². The molecule has 0 fully saturated rings. The fourth-order valence-corrected chi connectivity index (χ4v) is 1.54. The molecule has 2 aromatic rings. The predicted molar refractivity (Wildman–Crippen MR) is 64.7 cm³/mol. The number of para-hydroxylation sites is 1. The van der Waals surface area contributed by atoms with Crippen molar-refractivity contribution in [1.29, 1.82) is 0 Å². The third-order valence-corrected chi connectivity index (χ3v) is 2.69. The largest absolute Gasteiger partial charge is 0.480 e. The average molecular weight is 286 g/mol. The Morgan fingerprint density at radius 3 is 2.69 bits per heavy atom. The first-order valence-corrected chi connectivity index (χ1v) is 5.83. The molecule has 0 spiro atoms. The number of fused-ring (bicyclic) bond motifs is 1. The predicted octanol–water partition coefficient (Wildman–Crippen LogP) is 3.37. The van der Waals surface area contributed by atoms with Gasteiger partial charge in [0.2, 0.25) is 0 Å². The molecule has 0 aliphatic heterocycles. The average Bonchev–Trinajstić information content (AvgIpc) is 2.74. The number of aliphatic carboxylic acids is 1. The molecule has 2 rings (SSSR count). The van der Waals surface area contributed by atoms with E-state index in [4.69, 9.17) is 9.63 Å². The van der Waals surface area contributed by atoms with Gasteiger partial charge in [-0.05, 0) is 12.1 Å². The molecule has 0 aliphatic carbocycles. The summed E-state index contributed by atoms with van der Waals surface area (Å²) in [6.45, 7) is 4.00. The zero-order chi connectivity index (χ0) is 12.1. The number of hydrogen-bond donors (Lipinski definition) is 1. The first kappa shape index (κ1) is 12.7. The van der Waals surface area contributed by atoms with Crippen LogP contribution in [0, 0.1) is 0 Å². The van der Waals surface area contributed by atoms with E-state index in [0.717, 1.165) is 5.39 Å². The molecule has 4 nitrogen and oxygen atoms in total. The van der Waals surface area contributed by atoms with Gasteiger partial charge in [0.05, 0.1) is 0 Å². The molecule has 0 bridgehead atoms. The van der Waals surface area contributed by atoms with Crippen molar-refractivity contribution in [1.82, 2.24) is 5.16 Å². The quantitative estimate of drug-likeness (QED) is 0.860. The van der Waals surface area contributed by atoms with Crippen molar-refractivity contribution >= 4 is 32.9 Å². The van der Waals surface area contributed by atoms with Gasteiger partial charge in [-0.15, -0.1) is 0 Å². The highest BCUT2D eigenvalue weighted by atomic mass is 79.9. The highest BCUT2D eigenvalue weighted by Crippen LogP contribution is 2.28. The molecule has 5 heteroatoms. The molecule has 1 aromatic carbocycles. The van der Waals surface area contributed by atoms with Crippen molar-refractivity contribution in [3.8, 4) is 0 Å². The molecule has 16 heavy (non-hydrogen) atoms. The number of alkyl halides is 1. The van der Waals surface area contributed by atoms with Crippen LogP contribution in [0.2, 0.25) is 0 Å². The van der Waals surface area contributed by atoms with Crippen molar-refractivity contribution in [3.05, 3.63) is 30.0 Å². The lowest BCUT2D eigenvalue weighted by Crippen LogP contribution is -2.04. The molecule has 86 valence electrons. The van der Waals surface area contributed by atoms with Crippen LogP contribution in [-0.2, 0) is 4.79 Å². The summed E-state index contributed by atoms with van der Waals surface area (Å²) >= 11 is 3.03. The van der Waals surface area contributed by atoms with E-state index in [0.29, 0.717) is 11.3 Å². The monoisotopic (exact) mass is 285 g/mol. The molecule has 1 aromatic heterocycles. The first-order valence-electron chi connectivity index (χ1n) is 4.91. The summed E-state index contributed by atoms with van der Waals surface area (Å²) in [4.78, 5) is 9.89. The molecule has 1 unspecified atom stereocenters. The second-order valence-electron chi connectivity index (χ2n) is 2.76. The summed E-state index contributed by atoms with van der Waals surface area (Å²) < 4.78 is 4.98. The standard InChI is InChI=1S/C9H6BrNO3.C2H6/c10-7(9(12)13)8-5-3-1-2-4-6(5)14-11-8;1-2/h1-4,7H,(H,12,13);1-2H3. The van der Waals surface area contributed by atoms with E-state index in [-0.39, 0.29) is 0 Å². The Hall–Kier alpha value is -1.36. The van der Waals surface area contributed by atoms with Crippen LogP contribution >= 0.6 is 15.9 Å². The number of carboxylic acids is 1. The van der Waals surface area contributed by atoms with Crippen LogP contribution in [0.5, 0.6) is 0 Å². The zero-order valence-corrected chi connectivity index (χ0v) is 10.6. The minimum Gasteiger partial charge on any atom is -0.480 e. The van der Waals surface area contributed by atoms with Crippen LogP contribution in [-0.4, -0.2) is 16.2 Å². The molecule has 0 amide bonds. The maximum atomic E-state index is 10.7. The molecule has 1 heterocycles. The van der Waals surface area contributed by atoms with Gasteiger partial charge in [0.1, 0.15) is 5.69 Å². The Kier molecular flexibility index (Phi) is 4.49. The molecule has 0 aliphatic rings. The summed E-state index contributed by atoms with van der Waals surface area (Å²) in [5.74, 6) is -0.982. The lowest BCUT2D eigenvalue weighted by molar-refractivity contribution is -0.136. The normalized spacial score (nSPS) is 11.7. The van der Waals surface area contributed by atoms with Crippen LogP contribution in [0.1, 0.15) is 24.4 Å². The second-order valence-corrected chi connectivity index (χ2v) is 3.68. The lowest BCUT2D eigenvalue weighted by atomic mass is 10.2. The fourth-order valence-electron chi connectivity index (χ4n) is 1.21. The third-order valence-electron chi connectivity index (χ3n) is 1.86. The maximum Gasteiger partial charge on any atom is 0.323 e. The van der Waals surface area contributed by atoms with Crippen LogP contribution in [0.15, 0.2) is 28.8 Å². The fraction of sp³-hybridized carbons (Fsp3) is 0.273. The van der Waals surface area contributed by atoms with Gasteiger partial charge in [-0.1, -0.05) is 47.1 Å². The minimum absolute atomic E-state index is 0.396. The SMILES string of the molecule is CC.O=C(O)C(Br)c1noc2ccccc12. The molecular formula is C11H12BrNO3. The molecule has 1 N–H and O–H groups in total. The summed E-state index contributed by atoms with van der Waals surface area (Å²) in [5, 5.41) is 13.2. The highest BCUT2D eigenvalue weighted by molar-refractivity contribution is 9.09. The van der Waals surface area contributed by atoms with E-state index in [1.165, 1.54) is 0 Å². The molecule has 0 radical (unpaired) electrons. The number of carbonyl (C=O) groups is 1. The Balaban J connectivity index is 0.000000606. The third kappa shape index (κ3) is 2.41. The summed E-state index contributed by atoms with van der Waals surface area (Å²) in [5.41, 5.74) is 0.987. The first-order chi connectivity index (χ1) is 7.70. The van der Waals surface area contributed by atoms with E-state index in [2.05, 4.69) is 21.1 Å². The Labute approximate surface area is 101 Å². The number of hydrogen-bond acceptors (Lipinski definition) is 3. The lowest BCUT2D eigenvalue weighted by Gasteiger charge is -1.98. The van der Waals surface area contributed by atoms with E-state index >= 15 is 0 Å². The number of rotatable bonds is 2.